The molecule has 4 aromatic rings. The van der Waals surface area contributed by atoms with E-state index in [1.807, 2.05) is 43.3 Å². The smallest absolute Gasteiger partial charge is 0.263 e. The Hall–Kier alpha value is -2.47. The largest absolute Gasteiger partial charge is 0.493 e. The lowest BCUT2D eigenvalue weighted by atomic mass is 9.89. The Bertz CT molecular complexity index is 1260. The quantitative estimate of drug-likeness (QED) is 0.234. The van der Waals surface area contributed by atoms with Crippen LogP contribution in [-0.4, -0.2) is 36.1 Å². The van der Waals surface area contributed by atoms with Crippen LogP contribution in [0.2, 0.25) is 10.0 Å². The van der Waals surface area contributed by atoms with Crippen LogP contribution in [0.5, 0.6) is 5.75 Å². The zero-order chi connectivity index (χ0) is 23.5. The molecule has 1 aliphatic rings. The number of benzene rings is 2. The van der Waals surface area contributed by atoms with Crippen molar-refractivity contribution >= 4 is 34.2 Å². The summed E-state index contributed by atoms with van der Waals surface area (Å²) in [5.74, 6) is 3.34. The van der Waals surface area contributed by atoms with Crippen molar-refractivity contribution in [3.63, 3.8) is 0 Å². The summed E-state index contributed by atoms with van der Waals surface area (Å²) in [6.45, 7) is 5.89. The Morgan fingerprint density at radius 3 is 2.68 bits per heavy atom. The van der Waals surface area contributed by atoms with Crippen LogP contribution in [0.25, 0.3) is 22.6 Å². The van der Waals surface area contributed by atoms with Gasteiger partial charge in [-0.15, -0.1) is 0 Å². The first-order valence-corrected chi connectivity index (χ1v) is 12.6. The summed E-state index contributed by atoms with van der Waals surface area (Å²) in [4.78, 5) is 6.84. The summed E-state index contributed by atoms with van der Waals surface area (Å²) < 4.78 is 17.8. The monoisotopic (exact) mass is 498 g/mol. The molecular formula is C27H28Cl2N2O3. The second-order valence-electron chi connectivity index (χ2n) is 8.76. The fraction of sp³-hybridized carbons (Fsp3) is 0.370. The third kappa shape index (κ3) is 5.12. The van der Waals surface area contributed by atoms with Crippen molar-refractivity contribution < 1.29 is 13.6 Å². The van der Waals surface area contributed by atoms with Gasteiger partial charge < -0.3 is 18.5 Å². The first-order chi connectivity index (χ1) is 16.6. The predicted molar refractivity (Wildman–Crippen MR) is 136 cm³/mol. The van der Waals surface area contributed by atoms with Crippen molar-refractivity contribution in [3.05, 3.63) is 70.0 Å². The normalized spacial score (nSPS) is 15.3. The van der Waals surface area contributed by atoms with E-state index >= 15 is 0 Å². The molecule has 1 aliphatic heterocycles. The maximum absolute atomic E-state index is 6.20. The number of ether oxygens (including phenoxy) is 1. The number of piperidine rings is 1. The summed E-state index contributed by atoms with van der Waals surface area (Å²) >= 11 is 12.3. The third-order valence-corrected chi connectivity index (χ3v) is 7.25. The number of fused-ring (bicyclic) bond motifs is 1. The molecule has 0 spiro atoms. The van der Waals surface area contributed by atoms with Gasteiger partial charge in [0, 0.05) is 19.0 Å². The number of oxazole rings is 1. The summed E-state index contributed by atoms with van der Waals surface area (Å²) in [6, 6.07) is 13.8. The Labute approximate surface area is 209 Å². The fourth-order valence-electron chi connectivity index (χ4n) is 4.58. The van der Waals surface area contributed by atoms with Crippen LogP contribution in [0.4, 0.5) is 0 Å². The molecule has 0 unspecified atom stereocenters. The maximum atomic E-state index is 6.20. The van der Waals surface area contributed by atoms with E-state index in [2.05, 4.69) is 16.0 Å². The summed E-state index contributed by atoms with van der Waals surface area (Å²) in [7, 11) is 0. The van der Waals surface area contributed by atoms with Gasteiger partial charge in [0.25, 0.3) is 5.89 Å². The van der Waals surface area contributed by atoms with Crippen LogP contribution in [0.3, 0.4) is 0 Å². The Balaban J connectivity index is 1.12. The van der Waals surface area contributed by atoms with Crippen molar-refractivity contribution in [2.24, 2.45) is 0 Å². The number of likely N-dealkylation sites (tertiary alicyclic amines) is 1. The number of aryl methyl sites for hydroxylation is 1. The van der Waals surface area contributed by atoms with Crippen LogP contribution < -0.4 is 4.74 Å². The molecule has 0 N–H and O–H groups in total. The third-order valence-electron chi connectivity index (χ3n) is 6.51. The number of aromatic nitrogens is 1. The van der Waals surface area contributed by atoms with Crippen molar-refractivity contribution in [3.8, 4) is 17.4 Å². The molecule has 0 atom stereocenters. The standard InChI is InChI=1S/C27H28Cl2N2O3/c1-2-20-17-30-27(33-20)26-16-21-24(5-3-6-25(21)34-26)32-14-4-11-31-12-9-18(10-13-31)19-7-8-22(28)23(29)15-19/h3,5-8,15-18H,2,4,9-14H2,1H3. The molecular weight excluding hydrogens is 471 g/mol. The van der Waals surface area contributed by atoms with Crippen LogP contribution in [0.15, 0.2) is 57.5 Å². The molecule has 0 radical (unpaired) electrons. The van der Waals surface area contributed by atoms with Gasteiger partial charge in [-0.2, -0.15) is 0 Å². The molecule has 2 aromatic carbocycles. The van der Waals surface area contributed by atoms with Crippen LogP contribution >= 0.6 is 23.2 Å². The maximum Gasteiger partial charge on any atom is 0.263 e. The zero-order valence-corrected chi connectivity index (χ0v) is 20.7. The Morgan fingerprint density at radius 2 is 1.91 bits per heavy atom. The van der Waals surface area contributed by atoms with Crippen LogP contribution in [-0.2, 0) is 6.42 Å². The van der Waals surface area contributed by atoms with E-state index in [-0.39, 0.29) is 0 Å². The molecule has 5 rings (SSSR count). The summed E-state index contributed by atoms with van der Waals surface area (Å²) in [6.07, 6.45) is 5.78. The van der Waals surface area contributed by atoms with Gasteiger partial charge in [0.1, 0.15) is 17.1 Å². The molecule has 0 aliphatic carbocycles. The second kappa shape index (κ2) is 10.4. The van der Waals surface area contributed by atoms with Gasteiger partial charge in [-0.05, 0) is 68.1 Å². The molecule has 0 bridgehead atoms. The van der Waals surface area contributed by atoms with Crippen LogP contribution in [0.1, 0.15) is 43.4 Å². The number of nitrogens with zero attached hydrogens (tertiary/aromatic N) is 2. The Kier molecular flexibility index (Phi) is 7.14. The highest BCUT2D eigenvalue weighted by atomic mass is 35.5. The second-order valence-corrected chi connectivity index (χ2v) is 9.57. The molecule has 2 aromatic heterocycles. The molecule has 5 nitrogen and oxygen atoms in total. The van der Waals surface area contributed by atoms with E-state index in [1.54, 1.807) is 6.20 Å². The van der Waals surface area contributed by atoms with Crippen molar-refractivity contribution in [2.45, 2.75) is 38.5 Å². The number of hydrogen-bond donors (Lipinski definition) is 0. The van der Waals surface area contributed by atoms with Crippen molar-refractivity contribution in [1.82, 2.24) is 9.88 Å². The predicted octanol–water partition coefficient (Wildman–Crippen LogP) is 7.61. The van der Waals surface area contributed by atoms with E-state index in [0.29, 0.717) is 34.2 Å². The highest BCUT2D eigenvalue weighted by Crippen LogP contribution is 2.34. The van der Waals surface area contributed by atoms with Crippen LogP contribution in [0, 0.1) is 0 Å². The van der Waals surface area contributed by atoms with Gasteiger partial charge in [0.05, 0.1) is 28.2 Å². The fourth-order valence-corrected chi connectivity index (χ4v) is 4.88. The first kappa shape index (κ1) is 23.3. The highest BCUT2D eigenvalue weighted by Gasteiger charge is 2.21. The Morgan fingerprint density at radius 1 is 1.06 bits per heavy atom. The molecule has 1 fully saturated rings. The van der Waals surface area contributed by atoms with E-state index < -0.39 is 0 Å². The molecule has 7 heteroatoms. The molecule has 3 heterocycles. The van der Waals surface area contributed by atoms with E-state index in [1.165, 1.54) is 5.56 Å². The van der Waals surface area contributed by atoms with E-state index in [4.69, 9.17) is 36.8 Å². The minimum Gasteiger partial charge on any atom is -0.493 e. The lowest BCUT2D eigenvalue weighted by Gasteiger charge is -2.32. The van der Waals surface area contributed by atoms with Crippen molar-refractivity contribution in [1.29, 1.82) is 0 Å². The summed E-state index contributed by atoms with van der Waals surface area (Å²) in [5.41, 5.74) is 2.06. The number of halogens is 2. The minimum absolute atomic E-state index is 0.503. The van der Waals surface area contributed by atoms with Gasteiger partial charge in [-0.3, -0.25) is 0 Å². The lowest BCUT2D eigenvalue weighted by Crippen LogP contribution is -2.34. The average Bonchev–Trinajstić information content (AvgIpc) is 3.51. The van der Waals surface area contributed by atoms with Gasteiger partial charge in [-0.25, -0.2) is 4.98 Å². The van der Waals surface area contributed by atoms with Gasteiger partial charge in [0.15, 0.2) is 5.76 Å². The first-order valence-electron chi connectivity index (χ1n) is 11.9. The average molecular weight is 499 g/mol. The molecule has 0 amide bonds. The topological polar surface area (TPSA) is 51.6 Å². The minimum atomic E-state index is 0.503. The zero-order valence-electron chi connectivity index (χ0n) is 19.2. The number of furan rings is 1. The van der Waals surface area contributed by atoms with Gasteiger partial charge in [0.2, 0.25) is 0 Å². The van der Waals surface area contributed by atoms with Gasteiger partial charge >= 0.3 is 0 Å². The van der Waals surface area contributed by atoms with Gasteiger partial charge in [-0.1, -0.05) is 42.3 Å². The molecule has 178 valence electrons. The molecule has 34 heavy (non-hydrogen) atoms. The molecule has 0 saturated carbocycles. The molecule has 1 saturated heterocycles. The van der Waals surface area contributed by atoms with Crippen molar-refractivity contribution in [2.75, 3.05) is 26.2 Å². The lowest BCUT2D eigenvalue weighted by molar-refractivity contribution is 0.193. The number of rotatable bonds is 8. The van der Waals surface area contributed by atoms with E-state index in [0.717, 1.165) is 67.8 Å². The number of hydrogen-bond acceptors (Lipinski definition) is 5. The SMILES string of the molecule is CCc1cnc(-c2cc3c(OCCCN4CCC(c5ccc(Cl)c(Cl)c5)CC4)cccc3o2)o1. The summed E-state index contributed by atoms with van der Waals surface area (Å²) in [5, 5.41) is 2.20. The highest BCUT2D eigenvalue weighted by molar-refractivity contribution is 6.42. The van der Waals surface area contributed by atoms with E-state index in [9.17, 15) is 0 Å².